The van der Waals surface area contributed by atoms with Gasteiger partial charge in [0.05, 0.1) is 6.04 Å². The average Bonchev–Trinajstić information content (AvgIpc) is 3.01. The summed E-state index contributed by atoms with van der Waals surface area (Å²) in [4.78, 5) is 0. The maximum atomic E-state index is 5.39. The number of hydrogen-bond acceptors (Lipinski definition) is 3. The Morgan fingerprint density at radius 3 is 2.88 bits per heavy atom. The largest absolute Gasteiger partial charge is 0.359 e. The predicted octanol–water partition coefficient (Wildman–Crippen LogP) is 2.77. The fourth-order valence-corrected chi connectivity index (χ4v) is 2.13. The fourth-order valence-electron chi connectivity index (χ4n) is 2.13. The SMILES string of the molecule is c1ccc(-c2cc(C3CCCN3)on2)cc1. The molecule has 1 fully saturated rings. The molecule has 0 radical (unpaired) electrons. The maximum absolute atomic E-state index is 5.39. The Hall–Kier alpha value is -1.61. The lowest BCUT2D eigenvalue weighted by atomic mass is 10.1. The van der Waals surface area contributed by atoms with Gasteiger partial charge in [0.15, 0.2) is 5.76 Å². The second kappa shape index (κ2) is 4.10. The van der Waals surface area contributed by atoms with Gasteiger partial charge in [0.1, 0.15) is 5.69 Å². The van der Waals surface area contributed by atoms with Crippen molar-refractivity contribution >= 4 is 0 Å². The van der Waals surface area contributed by atoms with Gasteiger partial charge in [-0.2, -0.15) is 0 Å². The first-order valence-electron chi connectivity index (χ1n) is 5.69. The molecule has 1 aliphatic heterocycles. The van der Waals surface area contributed by atoms with Crippen molar-refractivity contribution in [1.82, 2.24) is 10.5 Å². The molecule has 0 bridgehead atoms. The van der Waals surface area contributed by atoms with Gasteiger partial charge in [0.25, 0.3) is 0 Å². The molecule has 1 aliphatic rings. The standard InChI is InChI=1S/C13H14N2O/c1-2-5-10(6-3-1)12-9-13(16-15-12)11-7-4-8-14-11/h1-3,5-6,9,11,14H,4,7-8H2. The molecule has 1 unspecified atom stereocenters. The van der Waals surface area contributed by atoms with Crippen LogP contribution in [0.1, 0.15) is 24.6 Å². The zero-order chi connectivity index (χ0) is 10.8. The highest BCUT2D eigenvalue weighted by Crippen LogP contribution is 2.26. The van der Waals surface area contributed by atoms with E-state index in [4.69, 9.17) is 4.52 Å². The van der Waals surface area contributed by atoms with Crippen LogP contribution in [0.4, 0.5) is 0 Å². The van der Waals surface area contributed by atoms with Gasteiger partial charge in [-0.25, -0.2) is 0 Å². The van der Waals surface area contributed by atoms with E-state index in [0.717, 1.165) is 30.0 Å². The second-order valence-corrected chi connectivity index (χ2v) is 4.13. The molecule has 2 aromatic rings. The molecule has 2 heterocycles. The van der Waals surface area contributed by atoms with Crippen LogP contribution in [0.15, 0.2) is 40.9 Å². The molecule has 3 rings (SSSR count). The first kappa shape index (κ1) is 9.60. The van der Waals surface area contributed by atoms with Crippen LogP contribution in [0.25, 0.3) is 11.3 Å². The normalized spacial score (nSPS) is 20.1. The first-order chi connectivity index (χ1) is 7.93. The Kier molecular flexibility index (Phi) is 2.46. The van der Waals surface area contributed by atoms with E-state index in [2.05, 4.69) is 10.5 Å². The van der Waals surface area contributed by atoms with Gasteiger partial charge in [-0.15, -0.1) is 0 Å². The number of rotatable bonds is 2. The van der Waals surface area contributed by atoms with E-state index < -0.39 is 0 Å². The molecule has 3 heteroatoms. The molecule has 1 atom stereocenters. The predicted molar refractivity (Wildman–Crippen MR) is 61.9 cm³/mol. The third kappa shape index (κ3) is 1.74. The van der Waals surface area contributed by atoms with Gasteiger partial charge >= 0.3 is 0 Å². The van der Waals surface area contributed by atoms with Crippen LogP contribution < -0.4 is 5.32 Å². The third-order valence-electron chi connectivity index (χ3n) is 3.00. The molecule has 0 amide bonds. The van der Waals surface area contributed by atoms with Crippen LogP contribution in [0.2, 0.25) is 0 Å². The lowest BCUT2D eigenvalue weighted by Gasteiger charge is -2.02. The number of nitrogens with zero attached hydrogens (tertiary/aromatic N) is 1. The van der Waals surface area contributed by atoms with Crippen LogP contribution in [-0.4, -0.2) is 11.7 Å². The molecule has 0 spiro atoms. The highest BCUT2D eigenvalue weighted by Gasteiger charge is 2.20. The molecule has 0 saturated carbocycles. The summed E-state index contributed by atoms with van der Waals surface area (Å²) in [5, 5.41) is 7.52. The average molecular weight is 214 g/mol. The van der Waals surface area contributed by atoms with Gasteiger partial charge < -0.3 is 9.84 Å². The highest BCUT2D eigenvalue weighted by atomic mass is 16.5. The Morgan fingerprint density at radius 2 is 2.12 bits per heavy atom. The first-order valence-corrected chi connectivity index (χ1v) is 5.69. The fraction of sp³-hybridized carbons (Fsp3) is 0.308. The Bertz CT molecular complexity index is 458. The van der Waals surface area contributed by atoms with Crippen molar-refractivity contribution < 1.29 is 4.52 Å². The number of benzene rings is 1. The molecule has 16 heavy (non-hydrogen) atoms. The minimum atomic E-state index is 0.352. The van der Waals surface area contributed by atoms with Gasteiger partial charge in [-0.05, 0) is 19.4 Å². The minimum absolute atomic E-state index is 0.352. The number of nitrogens with one attached hydrogen (secondary N) is 1. The molecular weight excluding hydrogens is 200 g/mol. The van der Waals surface area contributed by atoms with Gasteiger partial charge in [-0.1, -0.05) is 35.5 Å². The summed E-state index contributed by atoms with van der Waals surface area (Å²) in [5.41, 5.74) is 2.03. The van der Waals surface area contributed by atoms with Crippen molar-refractivity contribution in [1.29, 1.82) is 0 Å². The summed E-state index contributed by atoms with van der Waals surface area (Å²) in [6.45, 7) is 1.08. The quantitative estimate of drug-likeness (QED) is 0.835. The van der Waals surface area contributed by atoms with E-state index in [-0.39, 0.29) is 0 Å². The zero-order valence-electron chi connectivity index (χ0n) is 9.02. The van der Waals surface area contributed by atoms with E-state index in [1.165, 1.54) is 6.42 Å². The van der Waals surface area contributed by atoms with Gasteiger partial charge in [-0.3, -0.25) is 0 Å². The van der Waals surface area contributed by atoms with Crippen molar-refractivity contribution in [3.8, 4) is 11.3 Å². The summed E-state index contributed by atoms with van der Waals surface area (Å²) in [6, 6.07) is 12.5. The maximum Gasteiger partial charge on any atom is 0.154 e. The van der Waals surface area contributed by atoms with Crippen molar-refractivity contribution in [3.63, 3.8) is 0 Å². The monoisotopic (exact) mass is 214 g/mol. The van der Waals surface area contributed by atoms with Crippen LogP contribution in [0.5, 0.6) is 0 Å². The van der Waals surface area contributed by atoms with E-state index in [0.29, 0.717) is 6.04 Å². The van der Waals surface area contributed by atoms with Gasteiger partial charge in [0, 0.05) is 11.6 Å². The third-order valence-corrected chi connectivity index (χ3v) is 3.00. The van der Waals surface area contributed by atoms with Crippen LogP contribution >= 0.6 is 0 Å². The summed E-state index contributed by atoms with van der Waals surface area (Å²) in [7, 11) is 0. The molecular formula is C13H14N2O. The van der Waals surface area contributed by atoms with Gasteiger partial charge in [0.2, 0.25) is 0 Å². The summed E-state index contributed by atoms with van der Waals surface area (Å²) in [5.74, 6) is 0.955. The van der Waals surface area contributed by atoms with Crippen LogP contribution in [0.3, 0.4) is 0 Å². The molecule has 1 aromatic carbocycles. The van der Waals surface area contributed by atoms with Crippen molar-refractivity contribution in [2.45, 2.75) is 18.9 Å². The van der Waals surface area contributed by atoms with E-state index in [1.54, 1.807) is 0 Å². The molecule has 82 valence electrons. The molecule has 1 saturated heterocycles. The molecule has 1 N–H and O–H groups in total. The molecule has 1 aromatic heterocycles. The van der Waals surface area contributed by atoms with Crippen molar-refractivity contribution in [3.05, 3.63) is 42.2 Å². The summed E-state index contributed by atoms with van der Waals surface area (Å²) >= 11 is 0. The molecule has 3 nitrogen and oxygen atoms in total. The molecule has 0 aliphatic carbocycles. The number of hydrogen-bond donors (Lipinski definition) is 1. The van der Waals surface area contributed by atoms with Crippen molar-refractivity contribution in [2.75, 3.05) is 6.54 Å². The smallest absolute Gasteiger partial charge is 0.154 e. The number of aromatic nitrogens is 1. The van der Waals surface area contributed by atoms with E-state index in [1.807, 2.05) is 36.4 Å². The van der Waals surface area contributed by atoms with Crippen LogP contribution in [-0.2, 0) is 0 Å². The summed E-state index contributed by atoms with van der Waals surface area (Å²) in [6.07, 6.45) is 2.36. The Balaban J connectivity index is 1.87. The topological polar surface area (TPSA) is 38.1 Å². The lowest BCUT2D eigenvalue weighted by molar-refractivity contribution is 0.353. The highest BCUT2D eigenvalue weighted by molar-refractivity contribution is 5.58. The Labute approximate surface area is 94.5 Å². The van der Waals surface area contributed by atoms with E-state index >= 15 is 0 Å². The Morgan fingerprint density at radius 1 is 1.25 bits per heavy atom. The van der Waals surface area contributed by atoms with Crippen molar-refractivity contribution in [2.24, 2.45) is 0 Å². The summed E-state index contributed by atoms with van der Waals surface area (Å²) < 4.78 is 5.39. The van der Waals surface area contributed by atoms with E-state index in [9.17, 15) is 0 Å². The van der Waals surface area contributed by atoms with Crippen LogP contribution in [0, 0.1) is 0 Å². The second-order valence-electron chi connectivity index (χ2n) is 4.13. The minimum Gasteiger partial charge on any atom is -0.359 e. The lowest BCUT2D eigenvalue weighted by Crippen LogP contribution is -2.11. The zero-order valence-corrected chi connectivity index (χ0v) is 9.02.